The summed E-state index contributed by atoms with van der Waals surface area (Å²) in [6.45, 7) is 1.37. The molecular formula is C13H17N3O. The fraction of sp³-hybridized carbons (Fsp3) is 0.308. The highest BCUT2D eigenvalue weighted by molar-refractivity contribution is 5.13. The van der Waals surface area contributed by atoms with Crippen LogP contribution in [-0.2, 0) is 24.9 Å². The van der Waals surface area contributed by atoms with E-state index in [0.29, 0.717) is 6.61 Å². The van der Waals surface area contributed by atoms with Crippen LogP contribution in [0.1, 0.15) is 11.3 Å². The lowest BCUT2D eigenvalue weighted by molar-refractivity contribution is 0.0286. The van der Waals surface area contributed by atoms with Crippen LogP contribution in [0.15, 0.2) is 42.6 Å². The van der Waals surface area contributed by atoms with E-state index in [1.807, 2.05) is 48.1 Å². The van der Waals surface area contributed by atoms with Gasteiger partial charge in [0.1, 0.15) is 0 Å². The van der Waals surface area contributed by atoms with E-state index in [0.717, 1.165) is 13.0 Å². The minimum atomic E-state index is 0.590. The van der Waals surface area contributed by atoms with E-state index in [4.69, 9.17) is 4.84 Å². The lowest BCUT2D eigenvalue weighted by Crippen LogP contribution is -2.18. The number of benzene rings is 1. The third kappa shape index (κ3) is 3.69. The normalized spacial score (nSPS) is 10.6. The van der Waals surface area contributed by atoms with Gasteiger partial charge in [-0.05, 0) is 11.6 Å². The first-order valence-electron chi connectivity index (χ1n) is 5.72. The van der Waals surface area contributed by atoms with Crippen molar-refractivity contribution in [2.24, 2.45) is 7.05 Å². The molecule has 0 aliphatic carbocycles. The average molecular weight is 231 g/mol. The molecule has 1 aromatic carbocycles. The molecule has 0 amide bonds. The van der Waals surface area contributed by atoms with Crippen molar-refractivity contribution in [1.29, 1.82) is 0 Å². The SMILES string of the molecule is Cn1nccc1CCNOCc1ccccc1. The zero-order chi connectivity index (χ0) is 11.9. The smallest absolute Gasteiger partial charge is 0.0933 e. The van der Waals surface area contributed by atoms with Gasteiger partial charge in [0.2, 0.25) is 0 Å². The molecule has 90 valence electrons. The van der Waals surface area contributed by atoms with E-state index >= 15 is 0 Å². The van der Waals surface area contributed by atoms with Crippen molar-refractivity contribution in [2.75, 3.05) is 6.54 Å². The molecule has 0 aliphatic rings. The summed E-state index contributed by atoms with van der Waals surface area (Å²) in [5.74, 6) is 0. The van der Waals surface area contributed by atoms with Crippen molar-refractivity contribution >= 4 is 0 Å². The third-order valence-corrected chi connectivity index (χ3v) is 2.59. The van der Waals surface area contributed by atoms with Gasteiger partial charge in [-0.1, -0.05) is 30.3 Å². The molecule has 1 N–H and O–H groups in total. The second kappa shape index (κ2) is 6.18. The topological polar surface area (TPSA) is 39.1 Å². The lowest BCUT2D eigenvalue weighted by Gasteiger charge is -2.06. The minimum Gasteiger partial charge on any atom is -0.297 e. The van der Waals surface area contributed by atoms with Crippen LogP contribution in [0.4, 0.5) is 0 Å². The Kier molecular flexibility index (Phi) is 4.30. The maximum absolute atomic E-state index is 5.38. The molecular weight excluding hydrogens is 214 g/mol. The number of hydroxylamine groups is 1. The van der Waals surface area contributed by atoms with Crippen LogP contribution in [0.25, 0.3) is 0 Å². The number of aryl methyl sites for hydroxylation is 1. The molecule has 2 aromatic rings. The van der Waals surface area contributed by atoms with Crippen LogP contribution in [0, 0.1) is 0 Å². The van der Waals surface area contributed by atoms with E-state index in [1.54, 1.807) is 6.20 Å². The van der Waals surface area contributed by atoms with Gasteiger partial charge in [-0.15, -0.1) is 0 Å². The van der Waals surface area contributed by atoms with Gasteiger partial charge < -0.3 is 0 Å². The molecule has 0 saturated heterocycles. The van der Waals surface area contributed by atoms with Crippen molar-refractivity contribution in [3.8, 4) is 0 Å². The van der Waals surface area contributed by atoms with Gasteiger partial charge in [-0.2, -0.15) is 5.10 Å². The maximum Gasteiger partial charge on any atom is 0.0933 e. The van der Waals surface area contributed by atoms with Crippen molar-refractivity contribution in [2.45, 2.75) is 13.0 Å². The monoisotopic (exact) mass is 231 g/mol. The molecule has 1 heterocycles. The first-order chi connectivity index (χ1) is 8.36. The Morgan fingerprint density at radius 3 is 2.76 bits per heavy atom. The van der Waals surface area contributed by atoms with Crippen molar-refractivity contribution < 1.29 is 4.84 Å². The van der Waals surface area contributed by atoms with Crippen LogP contribution in [-0.4, -0.2) is 16.3 Å². The van der Waals surface area contributed by atoms with Crippen molar-refractivity contribution in [3.63, 3.8) is 0 Å². The summed E-state index contributed by atoms with van der Waals surface area (Å²) in [5.41, 5.74) is 5.32. The third-order valence-electron chi connectivity index (χ3n) is 2.59. The maximum atomic E-state index is 5.38. The molecule has 17 heavy (non-hydrogen) atoms. The molecule has 4 heteroatoms. The molecule has 1 aromatic heterocycles. The van der Waals surface area contributed by atoms with Crippen LogP contribution in [0.2, 0.25) is 0 Å². The fourth-order valence-corrected chi connectivity index (χ4v) is 1.61. The quantitative estimate of drug-likeness (QED) is 0.607. The highest BCUT2D eigenvalue weighted by atomic mass is 16.6. The Balaban J connectivity index is 1.63. The molecule has 0 radical (unpaired) electrons. The Morgan fingerprint density at radius 2 is 2.06 bits per heavy atom. The number of nitrogens with zero attached hydrogens (tertiary/aromatic N) is 2. The molecule has 0 fully saturated rings. The molecule has 0 bridgehead atoms. The van der Waals surface area contributed by atoms with Crippen LogP contribution < -0.4 is 5.48 Å². The highest BCUT2D eigenvalue weighted by Gasteiger charge is 1.97. The van der Waals surface area contributed by atoms with Gasteiger partial charge in [0, 0.05) is 31.9 Å². The zero-order valence-electron chi connectivity index (χ0n) is 9.97. The standard InChI is InChI=1S/C13H17N3O/c1-16-13(7-9-14-16)8-10-15-17-11-12-5-3-2-4-6-12/h2-7,9,15H,8,10-11H2,1H3. The molecule has 0 atom stereocenters. The summed E-state index contributed by atoms with van der Waals surface area (Å²) in [4.78, 5) is 5.38. The molecule has 0 unspecified atom stereocenters. The number of hydrogen-bond acceptors (Lipinski definition) is 3. The summed E-state index contributed by atoms with van der Waals surface area (Å²) < 4.78 is 1.87. The number of hydrogen-bond donors (Lipinski definition) is 1. The molecule has 0 saturated carbocycles. The predicted octanol–water partition coefficient (Wildman–Crippen LogP) is 1.68. The summed E-state index contributed by atoms with van der Waals surface area (Å²) in [6.07, 6.45) is 2.71. The van der Waals surface area contributed by atoms with E-state index in [2.05, 4.69) is 10.6 Å². The van der Waals surface area contributed by atoms with E-state index in [9.17, 15) is 0 Å². The average Bonchev–Trinajstić information content (AvgIpc) is 2.76. The molecule has 2 rings (SSSR count). The summed E-state index contributed by atoms with van der Waals surface area (Å²) in [6, 6.07) is 12.1. The van der Waals surface area contributed by atoms with E-state index in [-0.39, 0.29) is 0 Å². The van der Waals surface area contributed by atoms with Gasteiger partial charge in [0.15, 0.2) is 0 Å². The van der Waals surface area contributed by atoms with Crippen molar-refractivity contribution in [3.05, 3.63) is 53.9 Å². The minimum absolute atomic E-state index is 0.590. The Bertz CT molecular complexity index is 439. The Labute approximate surface area is 101 Å². The van der Waals surface area contributed by atoms with Gasteiger partial charge in [-0.25, -0.2) is 5.48 Å². The summed E-state index contributed by atoms with van der Waals surface area (Å²) >= 11 is 0. The first-order valence-corrected chi connectivity index (χ1v) is 5.72. The lowest BCUT2D eigenvalue weighted by atomic mass is 10.2. The molecule has 4 nitrogen and oxygen atoms in total. The number of aromatic nitrogens is 2. The second-order valence-electron chi connectivity index (χ2n) is 3.86. The molecule has 0 aliphatic heterocycles. The van der Waals surface area contributed by atoms with Crippen molar-refractivity contribution in [1.82, 2.24) is 15.3 Å². The zero-order valence-corrected chi connectivity index (χ0v) is 9.97. The first kappa shape index (κ1) is 11.8. The summed E-state index contributed by atoms with van der Waals surface area (Å²) in [5, 5.41) is 4.11. The van der Waals surface area contributed by atoms with Gasteiger partial charge in [-0.3, -0.25) is 9.52 Å². The van der Waals surface area contributed by atoms with Gasteiger partial charge in [0.05, 0.1) is 6.61 Å². The number of rotatable bonds is 6. The largest absolute Gasteiger partial charge is 0.297 e. The van der Waals surface area contributed by atoms with E-state index in [1.165, 1.54) is 11.3 Å². The molecule has 0 spiro atoms. The highest BCUT2D eigenvalue weighted by Crippen LogP contribution is 1.99. The van der Waals surface area contributed by atoms with E-state index < -0.39 is 0 Å². The van der Waals surface area contributed by atoms with Crippen LogP contribution in [0.5, 0.6) is 0 Å². The Morgan fingerprint density at radius 1 is 1.24 bits per heavy atom. The van der Waals surface area contributed by atoms with Gasteiger partial charge in [0.25, 0.3) is 0 Å². The summed E-state index contributed by atoms with van der Waals surface area (Å²) in [7, 11) is 1.94. The van der Waals surface area contributed by atoms with Crippen LogP contribution >= 0.6 is 0 Å². The van der Waals surface area contributed by atoms with Gasteiger partial charge >= 0.3 is 0 Å². The second-order valence-corrected chi connectivity index (χ2v) is 3.86. The number of nitrogens with one attached hydrogen (secondary N) is 1. The van der Waals surface area contributed by atoms with Crippen LogP contribution in [0.3, 0.4) is 0 Å². The predicted molar refractivity (Wildman–Crippen MR) is 66.1 cm³/mol. The fourth-order valence-electron chi connectivity index (χ4n) is 1.61. The Hall–Kier alpha value is -1.65.